The highest BCUT2D eigenvalue weighted by atomic mass is 32.2. The van der Waals surface area contributed by atoms with Crippen molar-refractivity contribution in [2.24, 2.45) is 0 Å². The van der Waals surface area contributed by atoms with Crippen LogP contribution < -0.4 is 9.64 Å². The minimum atomic E-state index is -0.284. The van der Waals surface area contributed by atoms with Gasteiger partial charge in [0, 0.05) is 12.2 Å². The maximum Gasteiger partial charge on any atom is 0.240 e. The van der Waals surface area contributed by atoms with Crippen molar-refractivity contribution in [1.82, 2.24) is 14.8 Å². The summed E-state index contributed by atoms with van der Waals surface area (Å²) in [7, 11) is 1.63. The van der Waals surface area contributed by atoms with E-state index in [-0.39, 0.29) is 11.2 Å². The van der Waals surface area contributed by atoms with E-state index in [9.17, 15) is 4.79 Å². The molecule has 1 amide bonds. The summed E-state index contributed by atoms with van der Waals surface area (Å²) >= 11 is 1.40. The Hall–Kier alpha value is -2.80. The van der Waals surface area contributed by atoms with Crippen molar-refractivity contribution in [2.45, 2.75) is 23.8 Å². The standard InChI is InChI=1S/C20H20N4O2S/c1-14(19(25)23-12-11-15-7-3-4-8-16(15)23)27-20-22-21-13-24(20)17-9-5-6-10-18(17)26-2/h3-10,13-14H,11-12H2,1-2H3/t14-/m1/s1. The first kappa shape index (κ1) is 17.6. The number of aromatic nitrogens is 3. The number of hydrogen-bond donors (Lipinski definition) is 0. The summed E-state index contributed by atoms with van der Waals surface area (Å²) in [5.74, 6) is 0.811. The number of nitrogens with zero attached hydrogens (tertiary/aromatic N) is 4. The van der Waals surface area contributed by atoms with E-state index in [0.29, 0.717) is 5.16 Å². The Kier molecular flexibility index (Phi) is 4.85. The molecule has 0 saturated heterocycles. The maximum atomic E-state index is 13.0. The lowest BCUT2D eigenvalue weighted by Gasteiger charge is -2.21. The molecule has 27 heavy (non-hydrogen) atoms. The van der Waals surface area contributed by atoms with Gasteiger partial charge in [-0.25, -0.2) is 0 Å². The fraction of sp³-hybridized carbons (Fsp3) is 0.250. The number of methoxy groups -OCH3 is 1. The lowest BCUT2D eigenvalue weighted by molar-refractivity contribution is -0.117. The van der Waals surface area contributed by atoms with Gasteiger partial charge in [0.05, 0.1) is 18.0 Å². The predicted octanol–water partition coefficient (Wildman–Crippen LogP) is 3.35. The summed E-state index contributed by atoms with van der Waals surface area (Å²) in [4.78, 5) is 14.9. The second-order valence-corrected chi connectivity index (χ2v) is 7.59. The normalized spacial score (nSPS) is 14.1. The summed E-state index contributed by atoms with van der Waals surface area (Å²) in [5, 5.41) is 8.62. The Morgan fingerprint density at radius 3 is 2.70 bits per heavy atom. The Bertz CT molecular complexity index is 972. The van der Waals surface area contributed by atoms with Crippen LogP contribution in [-0.2, 0) is 11.2 Å². The lowest BCUT2D eigenvalue weighted by Crippen LogP contribution is -2.35. The van der Waals surface area contributed by atoms with Crippen molar-refractivity contribution in [3.63, 3.8) is 0 Å². The average molecular weight is 380 g/mol. The van der Waals surface area contributed by atoms with Crippen molar-refractivity contribution in [3.8, 4) is 11.4 Å². The van der Waals surface area contributed by atoms with Crippen LogP contribution in [-0.4, -0.2) is 39.6 Å². The predicted molar refractivity (Wildman–Crippen MR) is 106 cm³/mol. The average Bonchev–Trinajstić information content (AvgIpc) is 3.34. The van der Waals surface area contributed by atoms with Gasteiger partial charge in [-0.3, -0.25) is 9.36 Å². The molecular weight excluding hydrogens is 360 g/mol. The molecule has 1 aliphatic rings. The van der Waals surface area contributed by atoms with Crippen molar-refractivity contribution < 1.29 is 9.53 Å². The van der Waals surface area contributed by atoms with Crippen molar-refractivity contribution in [3.05, 3.63) is 60.4 Å². The summed E-state index contributed by atoms with van der Waals surface area (Å²) in [6.45, 7) is 2.64. The molecule has 3 aromatic rings. The quantitative estimate of drug-likeness (QED) is 0.636. The molecular formula is C20H20N4O2S. The van der Waals surface area contributed by atoms with Gasteiger partial charge in [0.2, 0.25) is 5.91 Å². The molecule has 1 aliphatic heterocycles. The first-order chi connectivity index (χ1) is 13.2. The number of carbonyl (C=O) groups excluding carboxylic acids is 1. The van der Waals surface area contributed by atoms with E-state index in [2.05, 4.69) is 16.3 Å². The molecule has 4 rings (SSSR count). The van der Waals surface area contributed by atoms with Gasteiger partial charge in [0.1, 0.15) is 12.1 Å². The highest BCUT2D eigenvalue weighted by Gasteiger charge is 2.29. The molecule has 138 valence electrons. The van der Waals surface area contributed by atoms with Crippen LogP contribution in [0.25, 0.3) is 5.69 Å². The molecule has 0 unspecified atom stereocenters. The molecule has 1 atom stereocenters. The molecule has 0 aliphatic carbocycles. The Morgan fingerprint density at radius 2 is 1.89 bits per heavy atom. The molecule has 0 saturated carbocycles. The zero-order chi connectivity index (χ0) is 18.8. The van der Waals surface area contributed by atoms with Crippen LogP contribution in [0, 0.1) is 0 Å². The Balaban J connectivity index is 1.56. The molecule has 1 aromatic heterocycles. The van der Waals surface area contributed by atoms with Crippen LogP contribution in [0.5, 0.6) is 5.75 Å². The summed E-state index contributed by atoms with van der Waals surface area (Å²) in [5.41, 5.74) is 3.08. The van der Waals surface area contributed by atoms with E-state index in [0.717, 1.165) is 30.1 Å². The summed E-state index contributed by atoms with van der Waals surface area (Å²) in [6, 6.07) is 15.8. The molecule has 6 nitrogen and oxygen atoms in total. The number of fused-ring (bicyclic) bond motifs is 1. The summed E-state index contributed by atoms with van der Waals surface area (Å²) in [6.07, 6.45) is 2.54. The van der Waals surface area contributed by atoms with Gasteiger partial charge in [0.25, 0.3) is 0 Å². The van der Waals surface area contributed by atoms with Gasteiger partial charge < -0.3 is 9.64 Å². The minimum Gasteiger partial charge on any atom is -0.495 e. The van der Waals surface area contributed by atoms with E-state index >= 15 is 0 Å². The molecule has 7 heteroatoms. The monoisotopic (exact) mass is 380 g/mol. The summed E-state index contributed by atoms with van der Waals surface area (Å²) < 4.78 is 7.29. The number of benzene rings is 2. The van der Waals surface area contributed by atoms with Crippen molar-refractivity contribution in [1.29, 1.82) is 0 Å². The van der Waals surface area contributed by atoms with Crippen LogP contribution in [0.15, 0.2) is 60.0 Å². The second-order valence-electron chi connectivity index (χ2n) is 6.28. The first-order valence-electron chi connectivity index (χ1n) is 8.78. The number of amides is 1. The Labute approximate surface area is 162 Å². The van der Waals surface area contributed by atoms with Gasteiger partial charge >= 0.3 is 0 Å². The van der Waals surface area contributed by atoms with E-state index in [1.165, 1.54) is 17.3 Å². The van der Waals surface area contributed by atoms with E-state index in [1.807, 2.05) is 58.9 Å². The van der Waals surface area contributed by atoms with E-state index in [1.54, 1.807) is 13.4 Å². The molecule has 0 N–H and O–H groups in total. The number of rotatable bonds is 5. The molecule has 0 spiro atoms. The number of thioether (sulfide) groups is 1. The third kappa shape index (κ3) is 3.30. The number of hydrogen-bond acceptors (Lipinski definition) is 5. The van der Waals surface area contributed by atoms with Crippen LogP contribution >= 0.6 is 11.8 Å². The molecule has 2 heterocycles. The lowest BCUT2D eigenvalue weighted by atomic mass is 10.2. The van der Waals surface area contributed by atoms with Gasteiger partial charge in [-0.1, -0.05) is 42.1 Å². The van der Waals surface area contributed by atoms with E-state index in [4.69, 9.17) is 4.74 Å². The van der Waals surface area contributed by atoms with Crippen LogP contribution in [0.4, 0.5) is 5.69 Å². The topological polar surface area (TPSA) is 60.2 Å². The van der Waals surface area contributed by atoms with Gasteiger partial charge in [-0.05, 0) is 37.1 Å². The van der Waals surface area contributed by atoms with Gasteiger partial charge in [-0.2, -0.15) is 0 Å². The van der Waals surface area contributed by atoms with Crippen molar-refractivity contribution in [2.75, 3.05) is 18.6 Å². The fourth-order valence-electron chi connectivity index (χ4n) is 3.29. The zero-order valence-corrected chi connectivity index (χ0v) is 16.0. The number of para-hydroxylation sites is 3. The number of ether oxygens (including phenoxy) is 1. The zero-order valence-electron chi connectivity index (χ0n) is 15.2. The Morgan fingerprint density at radius 1 is 1.15 bits per heavy atom. The SMILES string of the molecule is COc1ccccc1-n1cnnc1S[C@H](C)C(=O)N1CCc2ccccc21. The van der Waals surface area contributed by atoms with Crippen LogP contribution in [0.1, 0.15) is 12.5 Å². The van der Waals surface area contributed by atoms with E-state index < -0.39 is 0 Å². The first-order valence-corrected chi connectivity index (χ1v) is 9.66. The second kappa shape index (κ2) is 7.44. The largest absolute Gasteiger partial charge is 0.495 e. The third-order valence-electron chi connectivity index (χ3n) is 4.64. The number of anilines is 1. The maximum absolute atomic E-state index is 13.0. The molecule has 0 bridgehead atoms. The van der Waals surface area contributed by atoms with Gasteiger partial charge in [0.15, 0.2) is 5.16 Å². The smallest absolute Gasteiger partial charge is 0.240 e. The third-order valence-corrected chi connectivity index (χ3v) is 5.69. The fourth-order valence-corrected chi connectivity index (χ4v) is 4.19. The highest BCUT2D eigenvalue weighted by molar-refractivity contribution is 8.00. The molecule has 0 fully saturated rings. The van der Waals surface area contributed by atoms with Crippen LogP contribution in [0.2, 0.25) is 0 Å². The minimum absolute atomic E-state index is 0.0829. The van der Waals surface area contributed by atoms with Crippen molar-refractivity contribution >= 4 is 23.4 Å². The molecule has 0 radical (unpaired) electrons. The number of carbonyl (C=O) groups is 1. The molecule has 2 aromatic carbocycles. The van der Waals surface area contributed by atoms with Gasteiger partial charge in [-0.15, -0.1) is 10.2 Å². The highest BCUT2D eigenvalue weighted by Crippen LogP contribution is 2.32. The van der Waals surface area contributed by atoms with Crippen LogP contribution in [0.3, 0.4) is 0 Å².